The summed E-state index contributed by atoms with van der Waals surface area (Å²) in [5.74, 6) is -1.36. The van der Waals surface area contributed by atoms with Gasteiger partial charge in [0.1, 0.15) is 0 Å². The molecular formula is C19H21N3O4. The number of rotatable bonds is 5. The topological polar surface area (TPSA) is 100 Å². The van der Waals surface area contributed by atoms with Gasteiger partial charge >= 0.3 is 11.8 Å². The number of nitrogens with one attached hydrogen (secondary N) is 2. The maximum Gasteiger partial charge on any atom is 0.329 e. The van der Waals surface area contributed by atoms with Crippen LogP contribution in [0.5, 0.6) is 11.5 Å². The first kappa shape index (κ1) is 19.0. The normalized spacial score (nSPS) is 10.6. The molecule has 0 saturated carbocycles. The molecule has 7 nitrogen and oxygen atoms in total. The fourth-order valence-corrected chi connectivity index (χ4v) is 2.15. The highest BCUT2D eigenvalue weighted by Gasteiger charge is 2.14. The fraction of sp³-hybridized carbons (Fsp3) is 0.211. The van der Waals surface area contributed by atoms with E-state index in [1.54, 1.807) is 25.1 Å². The van der Waals surface area contributed by atoms with E-state index in [-0.39, 0.29) is 5.75 Å². The molecule has 0 atom stereocenters. The lowest BCUT2D eigenvalue weighted by Gasteiger charge is -2.08. The lowest BCUT2D eigenvalue weighted by Crippen LogP contribution is -2.32. The van der Waals surface area contributed by atoms with Crippen molar-refractivity contribution in [2.45, 2.75) is 20.8 Å². The molecule has 136 valence electrons. The minimum absolute atomic E-state index is 0.0148. The summed E-state index contributed by atoms with van der Waals surface area (Å²) in [6, 6.07) is 10.2. The molecule has 2 aromatic rings. The number of benzene rings is 2. The van der Waals surface area contributed by atoms with E-state index in [0.717, 1.165) is 11.1 Å². The average Bonchev–Trinajstić information content (AvgIpc) is 2.61. The van der Waals surface area contributed by atoms with Crippen molar-refractivity contribution in [2.75, 3.05) is 11.9 Å². The molecule has 0 heterocycles. The van der Waals surface area contributed by atoms with E-state index in [1.807, 2.05) is 26.0 Å². The summed E-state index contributed by atoms with van der Waals surface area (Å²) in [5, 5.41) is 15.9. The summed E-state index contributed by atoms with van der Waals surface area (Å²) in [5.41, 5.74) is 5.17. The molecule has 0 aliphatic rings. The van der Waals surface area contributed by atoms with Gasteiger partial charge in [-0.25, -0.2) is 5.43 Å². The van der Waals surface area contributed by atoms with Crippen LogP contribution in [0.25, 0.3) is 0 Å². The van der Waals surface area contributed by atoms with Gasteiger partial charge in [0.05, 0.1) is 12.8 Å². The summed E-state index contributed by atoms with van der Waals surface area (Å²) in [6.45, 7) is 5.94. The maximum absolute atomic E-state index is 12.0. The largest absolute Gasteiger partial charge is 0.504 e. The van der Waals surface area contributed by atoms with Crippen LogP contribution >= 0.6 is 0 Å². The molecule has 0 unspecified atom stereocenters. The highest BCUT2D eigenvalue weighted by Crippen LogP contribution is 2.26. The average molecular weight is 355 g/mol. The van der Waals surface area contributed by atoms with Crippen LogP contribution in [0.4, 0.5) is 5.69 Å². The molecular weight excluding hydrogens is 334 g/mol. The van der Waals surface area contributed by atoms with Crippen LogP contribution in [0.15, 0.2) is 41.5 Å². The van der Waals surface area contributed by atoms with E-state index in [1.165, 1.54) is 12.3 Å². The molecule has 0 aliphatic heterocycles. The van der Waals surface area contributed by atoms with Crippen molar-refractivity contribution in [3.8, 4) is 11.5 Å². The van der Waals surface area contributed by atoms with Gasteiger partial charge in [-0.15, -0.1) is 0 Å². The summed E-state index contributed by atoms with van der Waals surface area (Å²) >= 11 is 0. The van der Waals surface area contributed by atoms with Crippen LogP contribution in [0.3, 0.4) is 0 Å². The summed E-state index contributed by atoms with van der Waals surface area (Å²) < 4.78 is 5.27. The molecule has 2 rings (SSSR count). The molecule has 0 saturated heterocycles. The van der Waals surface area contributed by atoms with Crippen LogP contribution < -0.4 is 15.5 Å². The highest BCUT2D eigenvalue weighted by atomic mass is 16.5. The Balaban J connectivity index is 1.97. The SMILES string of the molecule is CCOc1cc(/C=N\NC(=O)C(=O)Nc2cc(C)ccc2C)ccc1O. The maximum atomic E-state index is 12.0. The van der Waals surface area contributed by atoms with Gasteiger partial charge in [0, 0.05) is 5.69 Å². The number of hydrogen-bond donors (Lipinski definition) is 3. The van der Waals surface area contributed by atoms with Crippen molar-refractivity contribution in [2.24, 2.45) is 5.10 Å². The minimum atomic E-state index is -0.883. The Hall–Kier alpha value is -3.35. The first-order valence-corrected chi connectivity index (χ1v) is 8.08. The van der Waals surface area contributed by atoms with Crippen LogP contribution in [0.2, 0.25) is 0 Å². The van der Waals surface area contributed by atoms with E-state index >= 15 is 0 Å². The number of carbonyl (C=O) groups is 2. The molecule has 0 aromatic heterocycles. The first-order valence-electron chi connectivity index (χ1n) is 8.08. The van der Waals surface area contributed by atoms with Crippen LogP contribution in [0, 0.1) is 13.8 Å². The van der Waals surface area contributed by atoms with Gasteiger partial charge in [0.2, 0.25) is 0 Å². The standard InChI is InChI=1S/C19H21N3O4/c1-4-26-17-10-14(7-8-16(17)23)11-20-22-19(25)18(24)21-15-9-12(2)5-6-13(15)3/h5-11,23H,4H2,1-3H3,(H,21,24)(H,22,25)/b20-11-. The van der Waals surface area contributed by atoms with Crippen molar-refractivity contribution in [1.29, 1.82) is 0 Å². The Morgan fingerprint density at radius 2 is 1.92 bits per heavy atom. The Bertz CT molecular complexity index is 847. The van der Waals surface area contributed by atoms with Gasteiger partial charge in [0.15, 0.2) is 11.5 Å². The molecule has 0 radical (unpaired) electrons. The number of hydrazone groups is 1. The third-order valence-electron chi connectivity index (χ3n) is 3.51. The molecule has 0 fully saturated rings. The van der Waals surface area contributed by atoms with Gasteiger partial charge in [-0.05, 0) is 61.7 Å². The number of ether oxygens (including phenoxy) is 1. The predicted octanol–water partition coefficient (Wildman–Crippen LogP) is 2.50. The Morgan fingerprint density at radius 1 is 1.15 bits per heavy atom. The lowest BCUT2D eigenvalue weighted by atomic mass is 10.1. The van der Waals surface area contributed by atoms with E-state index in [2.05, 4.69) is 15.8 Å². The number of carbonyl (C=O) groups excluding carboxylic acids is 2. The van der Waals surface area contributed by atoms with Crippen LogP contribution in [0.1, 0.15) is 23.6 Å². The summed E-state index contributed by atoms with van der Waals surface area (Å²) in [4.78, 5) is 23.8. The van der Waals surface area contributed by atoms with Gasteiger partial charge in [-0.2, -0.15) is 5.10 Å². The third kappa shape index (κ3) is 5.07. The monoisotopic (exact) mass is 355 g/mol. The number of phenolic OH excluding ortho intramolecular Hbond substituents is 1. The Labute approximate surface area is 151 Å². The van der Waals surface area contributed by atoms with Crippen molar-refractivity contribution in [1.82, 2.24) is 5.43 Å². The van der Waals surface area contributed by atoms with Crippen molar-refractivity contribution in [3.05, 3.63) is 53.1 Å². The van der Waals surface area contributed by atoms with Crippen molar-refractivity contribution in [3.63, 3.8) is 0 Å². The van der Waals surface area contributed by atoms with Crippen molar-refractivity contribution >= 4 is 23.7 Å². The Kier molecular flexibility index (Phi) is 6.32. The first-order chi connectivity index (χ1) is 12.4. The number of anilines is 1. The van der Waals surface area contributed by atoms with Crippen LogP contribution in [-0.4, -0.2) is 29.7 Å². The summed E-state index contributed by atoms with van der Waals surface area (Å²) in [6.07, 6.45) is 1.35. The molecule has 0 spiro atoms. The quantitative estimate of drug-likeness (QED) is 0.436. The molecule has 2 amide bonds. The van der Waals surface area contributed by atoms with Gasteiger partial charge in [-0.3, -0.25) is 9.59 Å². The molecule has 7 heteroatoms. The third-order valence-corrected chi connectivity index (χ3v) is 3.51. The highest BCUT2D eigenvalue weighted by molar-refractivity contribution is 6.39. The van der Waals surface area contributed by atoms with Gasteiger partial charge in [-0.1, -0.05) is 12.1 Å². The smallest absolute Gasteiger partial charge is 0.329 e. The van der Waals surface area contributed by atoms with E-state index in [4.69, 9.17) is 4.74 Å². The molecule has 3 N–H and O–H groups in total. The number of phenols is 1. The van der Waals surface area contributed by atoms with E-state index in [9.17, 15) is 14.7 Å². The van der Waals surface area contributed by atoms with E-state index in [0.29, 0.717) is 23.6 Å². The van der Waals surface area contributed by atoms with Crippen LogP contribution in [-0.2, 0) is 9.59 Å². The van der Waals surface area contributed by atoms with Gasteiger partial charge in [0.25, 0.3) is 0 Å². The fourth-order valence-electron chi connectivity index (χ4n) is 2.15. The van der Waals surface area contributed by atoms with E-state index < -0.39 is 11.8 Å². The zero-order chi connectivity index (χ0) is 19.1. The molecule has 2 aromatic carbocycles. The second kappa shape index (κ2) is 8.66. The lowest BCUT2D eigenvalue weighted by molar-refractivity contribution is -0.136. The minimum Gasteiger partial charge on any atom is -0.504 e. The number of hydrogen-bond acceptors (Lipinski definition) is 5. The predicted molar refractivity (Wildman–Crippen MR) is 99.6 cm³/mol. The number of aryl methyl sites for hydroxylation is 2. The second-order valence-corrected chi connectivity index (χ2v) is 5.63. The molecule has 0 aliphatic carbocycles. The Morgan fingerprint density at radius 3 is 2.65 bits per heavy atom. The zero-order valence-electron chi connectivity index (χ0n) is 14.9. The molecule has 26 heavy (non-hydrogen) atoms. The second-order valence-electron chi connectivity index (χ2n) is 5.63. The summed E-state index contributed by atoms with van der Waals surface area (Å²) in [7, 11) is 0. The number of aromatic hydroxyl groups is 1. The number of amides is 2. The number of nitrogens with zero attached hydrogens (tertiary/aromatic N) is 1. The zero-order valence-corrected chi connectivity index (χ0v) is 14.9. The van der Waals surface area contributed by atoms with Crippen molar-refractivity contribution < 1.29 is 19.4 Å². The van der Waals surface area contributed by atoms with Gasteiger partial charge < -0.3 is 15.2 Å². The molecule has 0 bridgehead atoms.